The van der Waals surface area contributed by atoms with Crippen molar-refractivity contribution in [2.24, 2.45) is 23.2 Å². The number of carbonyl (C=O) groups is 3. The quantitative estimate of drug-likeness (QED) is 0.592. The van der Waals surface area contributed by atoms with E-state index in [2.05, 4.69) is 10.6 Å². The number of alkyl halides is 3. The Labute approximate surface area is 184 Å². The molecule has 0 saturated heterocycles. The average Bonchev–Trinajstić information content (AvgIpc) is 2.71. The predicted molar refractivity (Wildman–Crippen MR) is 112 cm³/mol. The minimum absolute atomic E-state index is 0.0105. The molecule has 3 amide bonds. The monoisotopic (exact) mass is 451 g/mol. The van der Waals surface area contributed by atoms with E-state index in [0.717, 1.165) is 19.3 Å². The van der Waals surface area contributed by atoms with E-state index in [0.29, 0.717) is 17.8 Å². The number of carbonyl (C=O) groups excluding carboxylic acids is 3. The number of hydrogen-bond donors (Lipinski definition) is 3. The first-order chi connectivity index (χ1) is 15.1. The molecule has 1 aromatic carbocycles. The van der Waals surface area contributed by atoms with Gasteiger partial charge in [0, 0.05) is 18.4 Å². The van der Waals surface area contributed by atoms with Crippen LogP contribution in [-0.4, -0.2) is 37.0 Å². The maximum Gasteiger partial charge on any atom is 0.405 e. The minimum atomic E-state index is -4.53. The molecule has 32 heavy (non-hydrogen) atoms. The van der Waals surface area contributed by atoms with Crippen LogP contribution in [0.2, 0.25) is 0 Å². The molecule has 0 unspecified atom stereocenters. The summed E-state index contributed by atoms with van der Waals surface area (Å²) in [5.74, 6) is 0.637. The summed E-state index contributed by atoms with van der Waals surface area (Å²) in [5.41, 5.74) is -0.207. The molecule has 174 valence electrons. The van der Waals surface area contributed by atoms with Crippen LogP contribution in [0.3, 0.4) is 0 Å². The number of nitrogens with one attached hydrogen (secondary N) is 3. The van der Waals surface area contributed by atoms with E-state index in [9.17, 15) is 27.6 Å². The van der Waals surface area contributed by atoms with E-state index in [4.69, 9.17) is 0 Å². The fourth-order valence-electron chi connectivity index (χ4n) is 6.14. The van der Waals surface area contributed by atoms with Gasteiger partial charge in [-0.1, -0.05) is 12.1 Å². The number of halogens is 3. The molecule has 4 bridgehead atoms. The van der Waals surface area contributed by atoms with Gasteiger partial charge < -0.3 is 16.0 Å². The smallest absolute Gasteiger partial charge is 0.355 e. The molecular formula is C23H28F3N3O3. The van der Waals surface area contributed by atoms with E-state index >= 15 is 0 Å². The summed E-state index contributed by atoms with van der Waals surface area (Å²) in [6, 6.07) is 5.87. The molecule has 9 heteroatoms. The van der Waals surface area contributed by atoms with E-state index in [1.165, 1.54) is 37.5 Å². The Kier molecular flexibility index (Phi) is 6.18. The summed E-state index contributed by atoms with van der Waals surface area (Å²) in [6.45, 7) is -1.28. The molecule has 1 aromatic rings. The van der Waals surface area contributed by atoms with E-state index < -0.39 is 24.5 Å². The number of amides is 3. The van der Waals surface area contributed by atoms with Crippen LogP contribution >= 0.6 is 0 Å². The third-order valence-electron chi connectivity index (χ3n) is 7.05. The number of anilines is 1. The highest BCUT2D eigenvalue weighted by atomic mass is 19.4. The van der Waals surface area contributed by atoms with Gasteiger partial charge in [0.15, 0.2) is 0 Å². The van der Waals surface area contributed by atoms with Gasteiger partial charge in [0.1, 0.15) is 6.54 Å². The molecule has 0 aliphatic heterocycles. The first-order valence-corrected chi connectivity index (χ1v) is 11.2. The van der Waals surface area contributed by atoms with Crippen molar-refractivity contribution >= 4 is 23.4 Å². The molecular weight excluding hydrogens is 423 g/mol. The molecule has 0 heterocycles. The molecule has 4 fully saturated rings. The van der Waals surface area contributed by atoms with Crippen LogP contribution in [0.5, 0.6) is 0 Å². The number of hydrogen-bond acceptors (Lipinski definition) is 3. The summed E-state index contributed by atoms with van der Waals surface area (Å²) in [4.78, 5) is 37.4. The Morgan fingerprint density at radius 3 is 2.12 bits per heavy atom. The van der Waals surface area contributed by atoms with Crippen LogP contribution < -0.4 is 16.0 Å². The van der Waals surface area contributed by atoms with Gasteiger partial charge in [0.2, 0.25) is 11.8 Å². The highest BCUT2D eigenvalue weighted by Crippen LogP contribution is 2.60. The highest BCUT2D eigenvalue weighted by Gasteiger charge is 2.54. The molecule has 0 aromatic heterocycles. The molecule has 4 saturated carbocycles. The number of para-hydroxylation sites is 1. The van der Waals surface area contributed by atoms with Crippen molar-refractivity contribution in [2.75, 3.05) is 18.4 Å². The zero-order valence-electron chi connectivity index (χ0n) is 17.8. The second-order valence-electron chi connectivity index (χ2n) is 9.60. The third kappa shape index (κ3) is 5.07. The third-order valence-corrected chi connectivity index (χ3v) is 7.05. The molecule has 4 aliphatic carbocycles. The molecule has 5 rings (SSSR count). The first kappa shape index (κ1) is 22.6. The van der Waals surface area contributed by atoms with E-state index in [1.54, 1.807) is 11.4 Å². The average molecular weight is 451 g/mol. The lowest BCUT2D eigenvalue weighted by Crippen LogP contribution is -2.53. The Hall–Kier alpha value is -2.58. The van der Waals surface area contributed by atoms with Crippen molar-refractivity contribution in [3.63, 3.8) is 0 Å². The topological polar surface area (TPSA) is 87.3 Å². The Balaban J connectivity index is 1.28. The van der Waals surface area contributed by atoms with Crippen molar-refractivity contribution in [3.05, 3.63) is 29.8 Å². The van der Waals surface area contributed by atoms with Crippen LogP contribution in [0.25, 0.3) is 0 Å². The lowest BCUT2D eigenvalue weighted by Gasteiger charge is -2.55. The first-order valence-electron chi connectivity index (χ1n) is 11.2. The van der Waals surface area contributed by atoms with Crippen molar-refractivity contribution in [3.8, 4) is 0 Å². The van der Waals surface area contributed by atoms with Crippen molar-refractivity contribution in [2.45, 2.75) is 51.1 Å². The molecule has 0 spiro atoms. The van der Waals surface area contributed by atoms with Crippen molar-refractivity contribution in [1.82, 2.24) is 10.6 Å². The van der Waals surface area contributed by atoms with Crippen LogP contribution in [0.15, 0.2) is 24.3 Å². The van der Waals surface area contributed by atoms with Gasteiger partial charge in [-0.2, -0.15) is 13.2 Å². The summed E-state index contributed by atoms with van der Waals surface area (Å²) in [5, 5.41) is 7.29. The molecule has 0 atom stereocenters. The Morgan fingerprint density at radius 2 is 1.53 bits per heavy atom. The van der Waals surface area contributed by atoms with Crippen molar-refractivity contribution in [1.29, 1.82) is 0 Å². The predicted octanol–water partition coefficient (Wildman–Crippen LogP) is 3.64. The van der Waals surface area contributed by atoms with Crippen molar-refractivity contribution < 1.29 is 27.6 Å². The standard InChI is InChI=1S/C23H28F3N3O3/c24-23(25,26)13-28-20(31)17-3-1-2-4-18(17)29-19(30)5-6-27-21(32)22-10-14-7-15(11-22)9-16(8-14)12-22/h1-4,14-16H,5-13H2,(H,27,32)(H,28,31)(H,29,30). The van der Waals surface area contributed by atoms with Gasteiger partial charge in [0.05, 0.1) is 11.3 Å². The summed E-state index contributed by atoms with van der Waals surface area (Å²) in [6.07, 6.45) is 2.03. The minimum Gasteiger partial charge on any atom is -0.355 e. The molecule has 0 radical (unpaired) electrons. The van der Waals surface area contributed by atoms with Gasteiger partial charge in [-0.05, 0) is 68.4 Å². The fraction of sp³-hybridized carbons (Fsp3) is 0.609. The van der Waals surface area contributed by atoms with Gasteiger partial charge in [-0.3, -0.25) is 14.4 Å². The lowest BCUT2D eigenvalue weighted by molar-refractivity contribution is -0.146. The molecule has 4 aliphatic rings. The van der Waals surface area contributed by atoms with Crippen LogP contribution in [0, 0.1) is 23.2 Å². The van der Waals surface area contributed by atoms with Gasteiger partial charge in [-0.15, -0.1) is 0 Å². The molecule has 3 N–H and O–H groups in total. The highest BCUT2D eigenvalue weighted by molar-refractivity contribution is 6.03. The van der Waals surface area contributed by atoms with Crippen LogP contribution in [-0.2, 0) is 9.59 Å². The summed E-state index contributed by atoms with van der Waals surface area (Å²) >= 11 is 0. The zero-order valence-corrected chi connectivity index (χ0v) is 17.8. The Morgan fingerprint density at radius 1 is 0.938 bits per heavy atom. The summed E-state index contributed by atoms with van der Waals surface area (Å²) in [7, 11) is 0. The zero-order chi connectivity index (χ0) is 22.9. The summed E-state index contributed by atoms with van der Waals surface area (Å²) < 4.78 is 37.1. The second kappa shape index (κ2) is 8.75. The van der Waals surface area contributed by atoms with E-state index in [-0.39, 0.29) is 35.5 Å². The fourth-order valence-corrected chi connectivity index (χ4v) is 6.14. The van der Waals surface area contributed by atoms with Gasteiger partial charge >= 0.3 is 6.18 Å². The maximum absolute atomic E-state index is 12.9. The van der Waals surface area contributed by atoms with Gasteiger partial charge in [0.25, 0.3) is 5.91 Å². The SMILES string of the molecule is O=C(CCNC(=O)C12CC3CC(CC(C3)C1)C2)Nc1ccccc1C(=O)NCC(F)(F)F. The van der Waals surface area contributed by atoms with Gasteiger partial charge in [-0.25, -0.2) is 0 Å². The number of rotatable bonds is 7. The maximum atomic E-state index is 12.9. The largest absolute Gasteiger partial charge is 0.405 e. The number of benzene rings is 1. The second-order valence-corrected chi connectivity index (χ2v) is 9.60. The van der Waals surface area contributed by atoms with Crippen LogP contribution in [0.4, 0.5) is 18.9 Å². The van der Waals surface area contributed by atoms with E-state index in [1.807, 2.05) is 0 Å². The van der Waals surface area contributed by atoms with Crippen LogP contribution in [0.1, 0.15) is 55.3 Å². The molecule has 6 nitrogen and oxygen atoms in total. The normalized spacial score (nSPS) is 28.3. The lowest BCUT2D eigenvalue weighted by atomic mass is 9.49. The Bertz CT molecular complexity index is 865.